The molecule has 4 aromatic rings. The molecule has 1 N–H and O–H groups in total. The maximum atomic E-state index is 13.5. The van der Waals surface area contributed by atoms with Crippen molar-refractivity contribution in [1.29, 1.82) is 0 Å². The Bertz CT molecular complexity index is 1650. The summed E-state index contributed by atoms with van der Waals surface area (Å²) in [6.07, 6.45) is 0.742. The first-order valence-electron chi connectivity index (χ1n) is 12.2. The van der Waals surface area contributed by atoms with E-state index in [2.05, 4.69) is 20.9 Å². The highest BCUT2D eigenvalue weighted by Crippen LogP contribution is 2.45. The van der Waals surface area contributed by atoms with E-state index in [1.54, 1.807) is 12.1 Å². The van der Waals surface area contributed by atoms with Gasteiger partial charge in [-0.25, -0.2) is 4.98 Å². The van der Waals surface area contributed by atoms with Crippen LogP contribution in [0.15, 0.2) is 70.7 Å². The minimum absolute atomic E-state index is 0.0225. The lowest BCUT2D eigenvalue weighted by Crippen LogP contribution is -2.29. The lowest BCUT2D eigenvalue weighted by atomic mass is 9.94. The Morgan fingerprint density at radius 1 is 1.18 bits per heavy atom. The molecular weight excluding hydrogens is 568 g/mol. The van der Waals surface area contributed by atoms with Crippen molar-refractivity contribution < 1.29 is 24.2 Å². The molecule has 3 heterocycles. The fourth-order valence-electron chi connectivity index (χ4n) is 5.00. The van der Waals surface area contributed by atoms with Crippen molar-refractivity contribution in [3.05, 3.63) is 87.4 Å². The number of hydrogen-bond acceptors (Lipinski definition) is 7. The number of nitrogens with zero attached hydrogens (tertiary/aromatic N) is 2. The van der Waals surface area contributed by atoms with E-state index in [4.69, 9.17) is 9.47 Å². The average Bonchev–Trinajstić information content (AvgIpc) is 3.56. The lowest BCUT2D eigenvalue weighted by molar-refractivity contribution is -0.132. The third kappa shape index (κ3) is 4.16. The molecule has 1 saturated heterocycles. The summed E-state index contributed by atoms with van der Waals surface area (Å²) in [7, 11) is 0. The van der Waals surface area contributed by atoms with Gasteiger partial charge in [-0.1, -0.05) is 39.4 Å². The topological polar surface area (TPSA) is 89.0 Å². The van der Waals surface area contributed by atoms with Crippen LogP contribution in [0.5, 0.6) is 11.5 Å². The fourth-order valence-corrected chi connectivity index (χ4v) is 6.44. The van der Waals surface area contributed by atoms with Gasteiger partial charge in [-0.2, -0.15) is 0 Å². The molecule has 0 aliphatic carbocycles. The van der Waals surface area contributed by atoms with E-state index in [-0.39, 0.29) is 17.4 Å². The number of fused-ring (bicyclic) bond motifs is 2. The number of halogens is 1. The SMILES string of the molecule is CCOc1ccc2nc(N3C(=O)C(=O)C(=C(O)c4ccc5c(c4)CC(C)O5)C3c3cccc(Br)c3)sc2c1. The van der Waals surface area contributed by atoms with Gasteiger partial charge >= 0.3 is 5.91 Å². The predicted octanol–water partition coefficient (Wildman–Crippen LogP) is 6.41. The van der Waals surface area contributed by atoms with Crippen LogP contribution in [0, 0.1) is 0 Å². The molecule has 1 aromatic heterocycles. The maximum absolute atomic E-state index is 13.5. The molecule has 6 rings (SSSR count). The van der Waals surface area contributed by atoms with Gasteiger partial charge in [-0.15, -0.1) is 0 Å². The highest BCUT2D eigenvalue weighted by molar-refractivity contribution is 9.10. The van der Waals surface area contributed by atoms with Gasteiger partial charge in [0.25, 0.3) is 5.78 Å². The van der Waals surface area contributed by atoms with Gasteiger partial charge in [0.15, 0.2) is 5.13 Å². The fraction of sp³-hybridized carbons (Fsp3) is 0.207. The number of thiazole rings is 1. The summed E-state index contributed by atoms with van der Waals surface area (Å²) in [5.74, 6) is -0.252. The number of benzene rings is 3. The van der Waals surface area contributed by atoms with Gasteiger partial charge in [0, 0.05) is 16.5 Å². The number of aliphatic hydroxyl groups excluding tert-OH is 1. The third-order valence-electron chi connectivity index (χ3n) is 6.64. The first-order valence-corrected chi connectivity index (χ1v) is 13.8. The molecular formula is C29H23BrN2O5S. The van der Waals surface area contributed by atoms with Crippen molar-refractivity contribution in [1.82, 2.24) is 4.98 Å². The highest BCUT2D eigenvalue weighted by atomic mass is 79.9. The summed E-state index contributed by atoms with van der Waals surface area (Å²) >= 11 is 4.80. The number of anilines is 1. The van der Waals surface area contributed by atoms with Crippen molar-refractivity contribution in [3.63, 3.8) is 0 Å². The minimum atomic E-state index is -0.858. The molecule has 2 atom stereocenters. The second-order valence-electron chi connectivity index (χ2n) is 9.24. The van der Waals surface area contributed by atoms with Crippen molar-refractivity contribution in [3.8, 4) is 11.5 Å². The van der Waals surface area contributed by atoms with Crippen LogP contribution in [0.25, 0.3) is 16.0 Å². The van der Waals surface area contributed by atoms with Crippen LogP contribution < -0.4 is 14.4 Å². The zero-order chi connectivity index (χ0) is 26.6. The van der Waals surface area contributed by atoms with Gasteiger partial charge in [-0.3, -0.25) is 14.5 Å². The molecule has 0 saturated carbocycles. The van der Waals surface area contributed by atoms with E-state index in [9.17, 15) is 14.7 Å². The second-order valence-corrected chi connectivity index (χ2v) is 11.2. The number of hydrogen-bond donors (Lipinski definition) is 1. The maximum Gasteiger partial charge on any atom is 0.301 e. The zero-order valence-electron chi connectivity index (χ0n) is 20.6. The molecule has 9 heteroatoms. The Kier molecular flexibility index (Phi) is 6.20. The summed E-state index contributed by atoms with van der Waals surface area (Å²) in [5.41, 5.74) is 2.80. The van der Waals surface area contributed by atoms with E-state index >= 15 is 0 Å². The standard InChI is InChI=1S/C29H23BrN2O5S/c1-3-36-20-8-9-21-23(14-20)38-29(31-21)32-25(16-5-4-6-19(30)13-16)24(27(34)28(32)35)26(33)17-7-10-22-18(12-17)11-15(2)37-22/h4-10,12-15,25,33H,3,11H2,1-2H3. The molecule has 1 amide bonds. The lowest BCUT2D eigenvalue weighted by Gasteiger charge is -2.23. The molecule has 0 radical (unpaired) electrons. The third-order valence-corrected chi connectivity index (χ3v) is 8.15. The van der Waals surface area contributed by atoms with Gasteiger partial charge in [-0.05, 0) is 73.5 Å². The van der Waals surface area contributed by atoms with Crippen LogP contribution in [0.2, 0.25) is 0 Å². The van der Waals surface area contributed by atoms with Crippen molar-refractivity contribution >= 4 is 60.1 Å². The molecule has 192 valence electrons. The summed E-state index contributed by atoms with van der Waals surface area (Å²) in [6, 6.07) is 17.4. The van der Waals surface area contributed by atoms with Crippen molar-refractivity contribution in [2.45, 2.75) is 32.4 Å². The summed E-state index contributed by atoms with van der Waals surface area (Å²) in [5, 5.41) is 11.9. The Morgan fingerprint density at radius 2 is 2.03 bits per heavy atom. The van der Waals surface area contributed by atoms with Crippen LogP contribution in [0.4, 0.5) is 5.13 Å². The van der Waals surface area contributed by atoms with Gasteiger partial charge in [0.2, 0.25) is 0 Å². The number of aromatic nitrogens is 1. The van der Waals surface area contributed by atoms with Crippen LogP contribution in [0.3, 0.4) is 0 Å². The summed E-state index contributed by atoms with van der Waals surface area (Å²) < 4.78 is 13.0. The Balaban J connectivity index is 1.51. The molecule has 3 aromatic carbocycles. The highest BCUT2D eigenvalue weighted by Gasteiger charge is 2.48. The van der Waals surface area contributed by atoms with E-state index in [0.29, 0.717) is 40.6 Å². The molecule has 2 unspecified atom stereocenters. The van der Waals surface area contributed by atoms with E-state index < -0.39 is 17.7 Å². The molecule has 7 nitrogen and oxygen atoms in total. The van der Waals surface area contributed by atoms with Crippen LogP contribution >= 0.6 is 27.3 Å². The number of amides is 1. The second kappa shape index (κ2) is 9.56. The minimum Gasteiger partial charge on any atom is -0.507 e. The largest absolute Gasteiger partial charge is 0.507 e. The quantitative estimate of drug-likeness (QED) is 0.164. The average molecular weight is 591 g/mol. The van der Waals surface area contributed by atoms with Crippen molar-refractivity contribution in [2.75, 3.05) is 11.5 Å². The smallest absolute Gasteiger partial charge is 0.301 e. The number of rotatable bonds is 5. The number of ether oxygens (including phenoxy) is 2. The first-order chi connectivity index (χ1) is 18.3. The number of aliphatic hydroxyl groups is 1. The monoisotopic (exact) mass is 590 g/mol. The molecule has 2 aliphatic rings. The normalized spacial score (nSPS) is 20.1. The van der Waals surface area contributed by atoms with Crippen molar-refractivity contribution in [2.24, 2.45) is 0 Å². The van der Waals surface area contributed by atoms with Gasteiger partial charge in [0.05, 0.1) is 28.4 Å². The number of ketones is 1. The van der Waals surface area contributed by atoms with Crippen LogP contribution in [0.1, 0.15) is 36.6 Å². The Morgan fingerprint density at radius 3 is 2.82 bits per heavy atom. The summed E-state index contributed by atoms with van der Waals surface area (Å²) in [4.78, 5) is 33.1. The molecule has 2 aliphatic heterocycles. The van der Waals surface area contributed by atoms with Crippen LogP contribution in [-0.4, -0.2) is 34.5 Å². The molecule has 1 fully saturated rings. The zero-order valence-corrected chi connectivity index (χ0v) is 23.0. The Hall–Kier alpha value is -3.69. The predicted molar refractivity (Wildman–Crippen MR) is 150 cm³/mol. The summed E-state index contributed by atoms with van der Waals surface area (Å²) in [6.45, 7) is 4.42. The van der Waals surface area contributed by atoms with Gasteiger partial charge in [0.1, 0.15) is 23.4 Å². The first kappa shape index (κ1) is 24.6. The number of carbonyl (C=O) groups is 2. The molecule has 0 bridgehead atoms. The molecule has 0 spiro atoms. The molecule has 38 heavy (non-hydrogen) atoms. The van der Waals surface area contributed by atoms with E-state index in [0.717, 1.165) is 20.5 Å². The van der Waals surface area contributed by atoms with Crippen LogP contribution in [-0.2, 0) is 16.0 Å². The van der Waals surface area contributed by atoms with E-state index in [1.165, 1.54) is 16.2 Å². The Labute approximate surface area is 231 Å². The van der Waals surface area contributed by atoms with Gasteiger partial charge < -0.3 is 14.6 Å². The number of Topliss-reactive ketones (excluding diaryl/α,β-unsaturated/α-hetero) is 1. The van der Waals surface area contributed by atoms with E-state index in [1.807, 2.05) is 62.4 Å². The number of carbonyl (C=O) groups excluding carboxylic acids is 2.